The Bertz CT molecular complexity index is 271. The number of rotatable bonds is 2. The van der Waals surface area contributed by atoms with Crippen LogP contribution in [0.2, 0.25) is 0 Å². The first-order valence-corrected chi connectivity index (χ1v) is 3.74. The van der Waals surface area contributed by atoms with E-state index in [1.165, 1.54) is 0 Å². The summed E-state index contributed by atoms with van der Waals surface area (Å²) in [6.07, 6.45) is -4.15. The zero-order valence-electron chi connectivity index (χ0n) is 6.98. The number of alkyl halides is 3. The molecule has 0 radical (unpaired) electrons. The zero-order chi connectivity index (χ0) is 10.1. The van der Waals surface area contributed by atoms with E-state index in [0.29, 0.717) is 6.42 Å². The van der Waals surface area contributed by atoms with Crippen molar-refractivity contribution in [3.05, 3.63) is 17.3 Å². The maximum Gasteiger partial charge on any atom is 0.468 e. The van der Waals surface area contributed by atoms with E-state index in [1.54, 1.807) is 6.92 Å². The lowest BCUT2D eigenvalue weighted by molar-refractivity contribution is -0.157. The third-order valence-corrected chi connectivity index (χ3v) is 1.54. The first-order chi connectivity index (χ1) is 5.99. The lowest BCUT2D eigenvalue weighted by Crippen LogP contribution is -2.05. The van der Waals surface area contributed by atoms with E-state index in [2.05, 4.69) is 9.40 Å². The summed E-state index contributed by atoms with van der Waals surface area (Å²) in [5, 5.41) is 0. The van der Waals surface area contributed by atoms with E-state index in [9.17, 15) is 13.2 Å². The van der Waals surface area contributed by atoms with Crippen molar-refractivity contribution in [2.45, 2.75) is 26.1 Å². The van der Waals surface area contributed by atoms with Gasteiger partial charge in [0.15, 0.2) is 0 Å². The van der Waals surface area contributed by atoms with Crippen molar-refractivity contribution < 1.29 is 17.6 Å². The molecule has 0 aliphatic carbocycles. The summed E-state index contributed by atoms with van der Waals surface area (Å²) in [5.74, 6) is -1.11. The third kappa shape index (κ3) is 2.00. The van der Waals surface area contributed by atoms with E-state index in [1.807, 2.05) is 0 Å². The van der Waals surface area contributed by atoms with Gasteiger partial charge < -0.3 is 10.2 Å². The minimum absolute atomic E-state index is 0.0632. The Morgan fingerprint density at radius 3 is 2.38 bits per heavy atom. The van der Waals surface area contributed by atoms with Crippen LogP contribution in [0.1, 0.15) is 24.3 Å². The molecule has 0 atom stereocenters. The molecule has 1 heterocycles. The number of nitrogens with zero attached hydrogens (tertiary/aromatic N) is 1. The van der Waals surface area contributed by atoms with Crippen molar-refractivity contribution in [2.75, 3.05) is 0 Å². The van der Waals surface area contributed by atoms with Gasteiger partial charge in [-0.05, 0) is 6.42 Å². The summed E-state index contributed by atoms with van der Waals surface area (Å²) in [7, 11) is 0. The van der Waals surface area contributed by atoms with Crippen LogP contribution in [0.15, 0.2) is 4.42 Å². The summed E-state index contributed by atoms with van der Waals surface area (Å²) < 4.78 is 40.6. The number of halogens is 3. The van der Waals surface area contributed by atoms with Crippen LogP contribution < -0.4 is 5.73 Å². The Labute approximate surface area is 72.7 Å². The summed E-state index contributed by atoms with van der Waals surface area (Å²) >= 11 is 0. The number of nitrogens with two attached hydrogens (primary N) is 1. The van der Waals surface area contributed by atoms with Gasteiger partial charge in [-0.3, -0.25) is 0 Å². The largest absolute Gasteiger partial charge is 0.468 e. The van der Waals surface area contributed by atoms with E-state index >= 15 is 0 Å². The highest BCUT2D eigenvalue weighted by atomic mass is 19.4. The molecule has 2 N–H and O–H groups in total. The molecular weight excluding hydrogens is 185 g/mol. The molecule has 0 spiro atoms. The van der Waals surface area contributed by atoms with Crippen molar-refractivity contribution in [3.8, 4) is 0 Å². The maximum atomic E-state index is 12.1. The predicted molar refractivity (Wildman–Crippen MR) is 38.8 cm³/mol. The minimum atomic E-state index is -4.53. The van der Waals surface area contributed by atoms with Crippen molar-refractivity contribution in [3.63, 3.8) is 0 Å². The quantitative estimate of drug-likeness (QED) is 0.779. The molecule has 1 rings (SSSR count). The van der Waals surface area contributed by atoms with Gasteiger partial charge in [-0.15, -0.1) is 0 Å². The first-order valence-electron chi connectivity index (χ1n) is 3.74. The number of aromatic nitrogens is 1. The van der Waals surface area contributed by atoms with E-state index in [0.717, 1.165) is 0 Å². The maximum absolute atomic E-state index is 12.1. The van der Waals surface area contributed by atoms with Crippen LogP contribution in [0.4, 0.5) is 13.2 Å². The van der Waals surface area contributed by atoms with Crippen LogP contribution in [0.5, 0.6) is 0 Å². The fourth-order valence-electron chi connectivity index (χ4n) is 0.940. The molecule has 0 aliphatic heterocycles. The zero-order valence-corrected chi connectivity index (χ0v) is 6.98. The first kappa shape index (κ1) is 10.0. The molecule has 0 bridgehead atoms. The molecule has 74 valence electrons. The SMILES string of the molecule is CCc1nc(C(F)(F)F)oc1CN. The number of aryl methyl sites for hydroxylation is 1. The molecule has 1 aromatic rings. The molecule has 13 heavy (non-hydrogen) atoms. The average Bonchev–Trinajstić information content (AvgIpc) is 2.45. The van der Waals surface area contributed by atoms with Crippen LogP contribution >= 0.6 is 0 Å². The van der Waals surface area contributed by atoms with Crippen LogP contribution in [-0.2, 0) is 19.1 Å². The van der Waals surface area contributed by atoms with Gasteiger partial charge in [0.05, 0.1) is 12.2 Å². The molecule has 0 unspecified atom stereocenters. The second kappa shape index (κ2) is 3.37. The summed E-state index contributed by atoms with van der Waals surface area (Å²) in [5.41, 5.74) is 5.45. The van der Waals surface area contributed by atoms with Gasteiger partial charge in [0.25, 0.3) is 0 Å². The van der Waals surface area contributed by atoms with Gasteiger partial charge in [0.2, 0.25) is 0 Å². The lowest BCUT2D eigenvalue weighted by atomic mass is 10.3. The van der Waals surface area contributed by atoms with Gasteiger partial charge in [-0.1, -0.05) is 6.92 Å². The number of hydrogen-bond donors (Lipinski definition) is 1. The van der Waals surface area contributed by atoms with Crippen molar-refractivity contribution >= 4 is 0 Å². The summed E-state index contributed by atoms with van der Waals surface area (Å²) in [6, 6.07) is 0. The lowest BCUT2D eigenvalue weighted by Gasteiger charge is -1.97. The highest BCUT2D eigenvalue weighted by Gasteiger charge is 2.38. The molecule has 3 nitrogen and oxygen atoms in total. The number of oxazole rings is 1. The van der Waals surface area contributed by atoms with Crippen LogP contribution in [0.25, 0.3) is 0 Å². The Kier molecular flexibility index (Phi) is 2.60. The van der Waals surface area contributed by atoms with Gasteiger partial charge in [-0.2, -0.15) is 13.2 Å². The minimum Gasteiger partial charge on any atom is -0.436 e. The molecule has 0 saturated carbocycles. The Morgan fingerprint density at radius 1 is 1.46 bits per heavy atom. The fourth-order valence-corrected chi connectivity index (χ4v) is 0.940. The molecular formula is C7H9F3N2O. The number of hydrogen-bond acceptors (Lipinski definition) is 3. The van der Waals surface area contributed by atoms with E-state index < -0.39 is 12.1 Å². The molecule has 0 aromatic carbocycles. The third-order valence-electron chi connectivity index (χ3n) is 1.54. The highest BCUT2D eigenvalue weighted by Crippen LogP contribution is 2.29. The normalized spacial score (nSPS) is 12.1. The predicted octanol–water partition coefficient (Wildman–Crippen LogP) is 1.71. The molecule has 0 aliphatic rings. The van der Waals surface area contributed by atoms with Gasteiger partial charge >= 0.3 is 12.1 Å². The summed E-state index contributed by atoms with van der Waals surface area (Å²) in [6.45, 7) is 1.63. The standard InChI is InChI=1S/C7H9F3N2O/c1-2-4-5(3-11)13-6(12-4)7(8,9)10/h2-3,11H2,1H3. The second-order valence-corrected chi connectivity index (χ2v) is 2.44. The van der Waals surface area contributed by atoms with Crippen LogP contribution in [0.3, 0.4) is 0 Å². The van der Waals surface area contributed by atoms with E-state index in [-0.39, 0.29) is 18.0 Å². The topological polar surface area (TPSA) is 52.0 Å². The monoisotopic (exact) mass is 194 g/mol. The van der Waals surface area contributed by atoms with Crippen LogP contribution in [0, 0.1) is 0 Å². The molecule has 6 heteroatoms. The van der Waals surface area contributed by atoms with Gasteiger partial charge in [-0.25, -0.2) is 4.98 Å². The smallest absolute Gasteiger partial charge is 0.436 e. The van der Waals surface area contributed by atoms with Crippen LogP contribution in [-0.4, -0.2) is 4.98 Å². The molecule has 1 aromatic heterocycles. The summed E-state index contributed by atoms with van der Waals surface area (Å²) in [4.78, 5) is 3.30. The molecule has 0 amide bonds. The van der Waals surface area contributed by atoms with Gasteiger partial charge in [0, 0.05) is 0 Å². The molecule has 0 saturated heterocycles. The molecule has 0 fully saturated rings. The Hall–Kier alpha value is -1.04. The van der Waals surface area contributed by atoms with Crippen molar-refractivity contribution in [1.82, 2.24) is 4.98 Å². The highest BCUT2D eigenvalue weighted by molar-refractivity contribution is 5.10. The fraction of sp³-hybridized carbons (Fsp3) is 0.571. The average molecular weight is 194 g/mol. The van der Waals surface area contributed by atoms with E-state index in [4.69, 9.17) is 5.73 Å². The van der Waals surface area contributed by atoms with Crippen molar-refractivity contribution in [1.29, 1.82) is 0 Å². The van der Waals surface area contributed by atoms with Crippen molar-refractivity contribution in [2.24, 2.45) is 5.73 Å². The Morgan fingerprint density at radius 2 is 2.08 bits per heavy atom. The Balaban J connectivity index is 3.07. The van der Waals surface area contributed by atoms with Gasteiger partial charge in [0.1, 0.15) is 5.76 Å². The second-order valence-electron chi connectivity index (χ2n) is 2.44.